The Kier molecular flexibility index (Phi) is 6.31. The van der Waals surface area contributed by atoms with Gasteiger partial charge in [0.25, 0.3) is 0 Å². The summed E-state index contributed by atoms with van der Waals surface area (Å²) in [7, 11) is 0. The van der Waals surface area contributed by atoms with Crippen molar-refractivity contribution < 1.29 is 9.59 Å². The molecule has 1 aromatic rings. The van der Waals surface area contributed by atoms with Gasteiger partial charge in [0.15, 0.2) is 0 Å². The Bertz CT molecular complexity index is 424. The molecule has 2 amide bonds. The van der Waals surface area contributed by atoms with Gasteiger partial charge in [-0.2, -0.15) is 0 Å². The van der Waals surface area contributed by atoms with Crippen molar-refractivity contribution in [2.75, 3.05) is 17.9 Å². The first-order valence-corrected chi connectivity index (χ1v) is 6.55. The van der Waals surface area contributed by atoms with Gasteiger partial charge < -0.3 is 9.69 Å². The van der Waals surface area contributed by atoms with E-state index in [0.717, 1.165) is 11.3 Å². The number of alkyl halides is 1. The molecule has 0 radical (unpaired) electrons. The normalized spacial score (nSPS) is 9.83. The molecule has 1 heterocycles. The van der Waals surface area contributed by atoms with Crippen LogP contribution in [-0.2, 0) is 11.2 Å². The predicted octanol–water partition coefficient (Wildman–Crippen LogP) is 1.89. The molecule has 0 aliphatic heterocycles. The summed E-state index contributed by atoms with van der Waals surface area (Å²) < 4.78 is 0. The molecule has 0 atom stereocenters. The van der Waals surface area contributed by atoms with Crippen molar-refractivity contribution in [3.8, 4) is 0 Å². The van der Waals surface area contributed by atoms with Crippen molar-refractivity contribution in [3.05, 3.63) is 17.7 Å². The van der Waals surface area contributed by atoms with Crippen LogP contribution in [0.2, 0.25) is 0 Å². The van der Waals surface area contributed by atoms with Gasteiger partial charge >= 0.3 is 6.03 Å². The Morgan fingerprint density at radius 1 is 1.56 bits per heavy atom. The van der Waals surface area contributed by atoms with E-state index in [1.807, 2.05) is 0 Å². The van der Waals surface area contributed by atoms with Crippen LogP contribution in [0, 0.1) is 0 Å². The lowest BCUT2D eigenvalue weighted by atomic mass is 10.4. The fraction of sp³-hybridized carbons (Fsp3) is 0.400. The molecule has 1 aromatic heterocycles. The molecule has 1 rings (SSSR count). The number of nitrogens with one attached hydrogen (secondary N) is 1. The van der Waals surface area contributed by atoms with E-state index in [9.17, 15) is 9.59 Å². The lowest BCUT2D eigenvalue weighted by Crippen LogP contribution is -2.34. The van der Waals surface area contributed by atoms with E-state index < -0.39 is 6.03 Å². The van der Waals surface area contributed by atoms with Gasteiger partial charge in [-0.25, -0.2) is 4.79 Å². The maximum atomic E-state index is 11.7. The Morgan fingerprint density at radius 3 is 2.94 bits per heavy atom. The molecule has 18 heavy (non-hydrogen) atoms. The number of halogens is 1. The smallest absolute Gasteiger partial charge is 0.310 e. The fourth-order valence-electron chi connectivity index (χ4n) is 1.10. The molecular weight excluding hydrogens is 276 g/mol. The fourth-order valence-corrected chi connectivity index (χ4v) is 2.06. The standard InChI is InChI=1S/C10H13ClN4O2S/c1-2-4-8-13-14-9(18-8)12-10(17)15(7-11)5-3-6-16/h2,6H,1,3-5,7H2,(H,12,14,17). The van der Waals surface area contributed by atoms with Crippen LogP contribution in [-0.4, -0.2) is 40.0 Å². The van der Waals surface area contributed by atoms with Gasteiger partial charge in [-0.3, -0.25) is 5.32 Å². The highest BCUT2D eigenvalue weighted by Crippen LogP contribution is 2.16. The summed E-state index contributed by atoms with van der Waals surface area (Å²) in [6.45, 7) is 3.87. The number of anilines is 1. The van der Waals surface area contributed by atoms with Crippen LogP contribution in [0.1, 0.15) is 11.4 Å². The number of amides is 2. The molecule has 0 aromatic carbocycles. The number of aldehydes is 1. The second-order valence-corrected chi connectivity index (χ2v) is 4.56. The number of carbonyl (C=O) groups is 2. The molecule has 0 unspecified atom stereocenters. The van der Waals surface area contributed by atoms with Crippen LogP contribution in [0.4, 0.5) is 9.93 Å². The van der Waals surface area contributed by atoms with Crippen LogP contribution in [0.15, 0.2) is 12.7 Å². The lowest BCUT2D eigenvalue weighted by molar-refractivity contribution is -0.108. The lowest BCUT2D eigenvalue weighted by Gasteiger charge is -2.17. The maximum absolute atomic E-state index is 11.7. The van der Waals surface area contributed by atoms with Crippen molar-refractivity contribution in [1.29, 1.82) is 0 Å². The molecular formula is C10H13ClN4O2S. The zero-order chi connectivity index (χ0) is 13.4. The van der Waals surface area contributed by atoms with Gasteiger partial charge in [-0.15, -0.1) is 28.4 Å². The summed E-state index contributed by atoms with van der Waals surface area (Å²) in [5.74, 6) is 0. The molecule has 0 spiro atoms. The number of urea groups is 1. The monoisotopic (exact) mass is 288 g/mol. The van der Waals surface area contributed by atoms with Gasteiger partial charge in [0.1, 0.15) is 11.3 Å². The zero-order valence-electron chi connectivity index (χ0n) is 9.63. The number of allylic oxidation sites excluding steroid dienone is 1. The molecule has 0 fully saturated rings. The highest BCUT2D eigenvalue weighted by molar-refractivity contribution is 7.15. The second-order valence-electron chi connectivity index (χ2n) is 3.26. The quantitative estimate of drug-likeness (QED) is 0.360. The molecule has 8 heteroatoms. The number of nitrogens with zero attached hydrogens (tertiary/aromatic N) is 3. The Morgan fingerprint density at radius 2 is 2.33 bits per heavy atom. The predicted molar refractivity (Wildman–Crippen MR) is 70.9 cm³/mol. The number of aromatic nitrogens is 2. The largest absolute Gasteiger partial charge is 0.324 e. The summed E-state index contributed by atoms with van der Waals surface area (Å²) in [5, 5.41) is 11.5. The molecule has 0 saturated carbocycles. The minimum absolute atomic E-state index is 0.0119. The average Bonchev–Trinajstić information content (AvgIpc) is 2.78. The summed E-state index contributed by atoms with van der Waals surface area (Å²) in [6, 6.07) is -0.383. The topological polar surface area (TPSA) is 75.2 Å². The molecule has 0 saturated heterocycles. The second kappa shape index (κ2) is 7.78. The molecule has 0 bridgehead atoms. The summed E-state index contributed by atoms with van der Waals surface area (Å²) in [6.07, 6.45) is 3.30. The SMILES string of the molecule is C=CCc1nnc(NC(=O)N(CCl)CCC=O)s1. The molecule has 98 valence electrons. The first kappa shape index (κ1) is 14.6. The van der Waals surface area contributed by atoms with Crippen molar-refractivity contribution in [2.24, 2.45) is 0 Å². The Balaban J connectivity index is 2.55. The van der Waals surface area contributed by atoms with Gasteiger partial charge in [-0.1, -0.05) is 17.4 Å². The van der Waals surface area contributed by atoms with E-state index in [-0.39, 0.29) is 19.0 Å². The summed E-state index contributed by atoms with van der Waals surface area (Å²) in [4.78, 5) is 23.3. The highest BCUT2D eigenvalue weighted by Gasteiger charge is 2.14. The Hall–Kier alpha value is -1.47. The summed E-state index contributed by atoms with van der Waals surface area (Å²) in [5.41, 5.74) is 0. The van der Waals surface area contributed by atoms with Crippen molar-refractivity contribution in [1.82, 2.24) is 15.1 Å². The van der Waals surface area contributed by atoms with E-state index in [1.165, 1.54) is 16.2 Å². The zero-order valence-corrected chi connectivity index (χ0v) is 11.2. The molecule has 0 aliphatic rings. The van der Waals surface area contributed by atoms with E-state index in [1.54, 1.807) is 6.08 Å². The number of rotatable bonds is 7. The van der Waals surface area contributed by atoms with Crippen molar-refractivity contribution in [3.63, 3.8) is 0 Å². The maximum Gasteiger partial charge on any atom is 0.324 e. The third-order valence-electron chi connectivity index (χ3n) is 1.95. The van der Waals surface area contributed by atoms with Crippen LogP contribution in [0.3, 0.4) is 0 Å². The van der Waals surface area contributed by atoms with Crippen molar-refractivity contribution >= 4 is 40.4 Å². The Labute approximate surface area is 114 Å². The highest BCUT2D eigenvalue weighted by atomic mass is 35.5. The average molecular weight is 289 g/mol. The third kappa shape index (κ3) is 4.42. The first-order chi connectivity index (χ1) is 8.71. The number of carbonyl (C=O) groups excluding carboxylic acids is 2. The molecule has 6 nitrogen and oxygen atoms in total. The molecule has 0 aliphatic carbocycles. The molecule has 1 N–H and O–H groups in total. The van der Waals surface area contributed by atoms with E-state index in [2.05, 4.69) is 22.1 Å². The number of hydrogen-bond acceptors (Lipinski definition) is 5. The minimum atomic E-state index is -0.395. The van der Waals surface area contributed by atoms with Crippen LogP contribution < -0.4 is 5.32 Å². The van der Waals surface area contributed by atoms with Gasteiger partial charge in [-0.05, 0) is 0 Å². The van der Waals surface area contributed by atoms with Crippen molar-refractivity contribution in [2.45, 2.75) is 12.8 Å². The first-order valence-electron chi connectivity index (χ1n) is 5.20. The van der Waals surface area contributed by atoms with Crippen LogP contribution in [0.25, 0.3) is 0 Å². The van der Waals surface area contributed by atoms with Crippen LogP contribution >= 0.6 is 22.9 Å². The third-order valence-corrected chi connectivity index (χ3v) is 3.10. The van der Waals surface area contributed by atoms with E-state index in [4.69, 9.17) is 11.6 Å². The number of hydrogen-bond donors (Lipinski definition) is 1. The summed E-state index contributed by atoms with van der Waals surface area (Å²) >= 11 is 6.90. The van der Waals surface area contributed by atoms with E-state index >= 15 is 0 Å². The van der Waals surface area contributed by atoms with Gasteiger partial charge in [0.05, 0.1) is 6.00 Å². The minimum Gasteiger partial charge on any atom is -0.310 e. The van der Waals surface area contributed by atoms with Gasteiger partial charge in [0.2, 0.25) is 5.13 Å². The van der Waals surface area contributed by atoms with Gasteiger partial charge in [0, 0.05) is 19.4 Å². The van der Waals surface area contributed by atoms with E-state index in [0.29, 0.717) is 11.6 Å². The van der Waals surface area contributed by atoms with Crippen LogP contribution in [0.5, 0.6) is 0 Å².